The van der Waals surface area contributed by atoms with Crippen molar-refractivity contribution in [3.05, 3.63) is 53.6 Å². The van der Waals surface area contributed by atoms with Crippen LogP contribution in [-0.4, -0.2) is 49.4 Å². The van der Waals surface area contributed by atoms with E-state index in [2.05, 4.69) is 10.6 Å². The number of rotatable bonds is 10. The number of anilines is 1. The Morgan fingerprint density at radius 2 is 1.59 bits per heavy atom. The number of benzene rings is 2. The first-order valence-electron chi connectivity index (χ1n) is 11.3. The Morgan fingerprint density at radius 3 is 2.26 bits per heavy atom. The lowest BCUT2D eigenvalue weighted by Gasteiger charge is -2.28. The molecule has 0 saturated heterocycles. The first-order valence-corrected chi connectivity index (χ1v) is 11.6. The van der Waals surface area contributed by atoms with Crippen LogP contribution in [-0.2, 0) is 19.1 Å². The second-order valence-corrected chi connectivity index (χ2v) is 8.78. The van der Waals surface area contributed by atoms with Crippen molar-refractivity contribution >= 4 is 35.3 Å². The molecule has 34 heavy (non-hydrogen) atoms. The first kappa shape index (κ1) is 25.5. The summed E-state index contributed by atoms with van der Waals surface area (Å²) in [6.07, 6.45) is 3.18. The van der Waals surface area contributed by atoms with Crippen molar-refractivity contribution in [1.29, 1.82) is 0 Å². The summed E-state index contributed by atoms with van der Waals surface area (Å²) in [4.78, 5) is 34.3. The number of hydrogen-bond acceptors (Lipinski definition) is 5. The average molecular weight is 489 g/mol. The number of amides is 2. The van der Waals surface area contributed by atoms with Gasteiger partial charge < -0.3 is 19.9 Å². The summed E-state index contributed by atoms with van der Waals surface area (Å²) >= 11 is 5.98. The number of ether oxygens (including phenoxy) is 2. The number of carbonyl (C=O) groups is 3. The van der Waals surface area contributed by atoms with Crippen molar-refractivity contribution in [3.8, 4) is 11.1 Å². The number of halogens is 1. The minimum absolute atomic E-state index is 0.145. The number of hydrogen-bond donors (Lipinski definition) is 3. The first-order chi connectivity index (χ1) is 16.4. The van der Waals surface area contributed by atoms with E-state index in [1.807, 2.05) is 48.5 Å². The summed E-state index contributed by atoms with van der Waals surface area (Å²) < 4.78 is 10.9. The summed E-state index contributed by atoms with van der Waals surface area (Å²) in [5.41, 5.74) is 2.50. The molecule has 3 rings (SSSR count). The molecule has 182 valence electrons. The Kier molecular flexibility index (Phi) is 9.73. The molecule has 1 aliphatic rings. The monoisotopic (exact) mass is 488 g/mol. The summed E-state index contributed by atoms with van der Waals surface area (Å²) in [6.45, 7) is 0.248. The van der Waals surface area contributed by atoms with Crippen molar-refractivity contribution in [1.82, 2.24) is 5.32 Å². The number of carbonyl (C=O) groups excluding carboxylic acids is 2. The van der Waals surface area contributed by atoms with Gasteiger partial charge in [0.1, 0.15) is 13.2 Å². The molecular weight excluding hydrogens is 460 g/mol. The molecule has 1 saturated carbocycles. The lowest BCUT2D eigenvalue weighted by atomic mass is 9.83. The lowest BCUT2D eigenvalue weighted by Crippen LogP contribution is -2.33. The largest absolute Gasteiger partial charge is 0.480 e. The molecule has 2 aromatic carbocycles. The normalized spacial score (nSPS) is 17.6. The van der Waals surface area contributed by atoms with E-state index in [-0.39, 0.29) is 12.5 Å². The van der Waals surface area contributed by atoms with Crippen LogP contribution in [0.3, 0.4) is 0 Å². The van der Waals surface area contributed by atoms with Gasteiger partial charge in [-0.3, -0.25) is 14.9 Å². The van der Waals surface area contributed by atoms with Gasteiger partial charge in [-0.1, -0.05) is 41.9 Å². The average Bonchev–Trinajstić information content (AvgIpc) is 2.83. The molecule has 1 fully saturated rings. The van der Waals surface area contributed by atoms with Crippen molar-refractivity contribution in [2.75, 3.05) is 31.7 Å². The van der Waals surface area contributed by atoms with Crippen LogP contribution >= 0.6 is 11.6 Å². The third-order valence-electron chi connectivity index (χ3n) is 5.76. The summed E-state index contributed by atoms with van der Waals surface area (Å²) in [6, 6.07) is 14.9. The highest BCUT2D eigenvalue weighted by atomic mass is 35.5. The predicted molar refractivity (Wildman–Crippen MR) is 129 cm³/mol. The molecule has 2 aromatic rings. The van der Waals surface area contributed by atoms with Gasteiger partial charge in [0.15, 0.2) is 0 Å². The smallest absolute Gasteiger partial charge is 0.411 e. The van der Waals surface area contributed by atoms with Crippen molar-refractivity contribution in [2.24, 2.45) is 11.8 Å². The Balaban J connectivity index is 1.36. The molecule has 8 nitrogen and oxygen atoms in total. The topological polar surface area (TPSA) is 114 Å². The van der Waals surface area contributed by atoms with Gasteiger partial charge >= 0.3 is 12.1 Å². The molecule has 3 N–H and O–H groups in total. The Hall–Kier alpha value is -3.10. The van der Waals surface area contributed by atoms with Gasteiger partial charge in [0.05, 0.1) is 18.9 Å². The number of carboxylic acids is 1. The second-order valence-electron chi connectivity index (χ2n) is 8.35. The lowest BCUT2D eigenvalue weighted by molar-refractivity contribution is -0.138. The van der Waals surface area contributed by atoms with E-state index in [1.54, 1.807) is 0 Å². The minimum atomic E-state index is -1.09. The van der Waals surface area contributed by atoms with E-state index in [0.29, 0.717) is 29.8 Å². The fraction of sp³-hybridized carbons (Fsp3) is 0.400. The van der Waals surface area contributed by atoms with E-state index in [1.165, 1.54) is 0 Å². The van der Waals surface area contributed by atoms with Gasteiger partial charge in [-0.05, 0) is 61.3 Å². The second kappa shape index (κ2) is 13.0. The zero-order chi connectivity index (χ0) is 24.3. The van der Waals surface area contributed by atoms with Crippen LogP contribution in [0.15, 0.2) is 48.5 Å². The van der Waals surface area contributed by atoms with E-state index in [9.17, 15) is 14.4 Å². The van der Waals surface area contributed by atoms with Gasteiger partial charge in [0.2, 0.25) is 5.91 Å². The van der Waals surface area contributed by atoms with E-state index < -0.39 is 24.5 Å². The van der Waals surface area contributed by atoms with Crippen molar-refractivity contribution in [2.45, 2.75) is 25.7 Å². The summed E-state index contributed by atoms with van der Waals surface area (Å²) in [5, 5.41) is 14.3. The summed E-state index contributed by atoms with van der Waals surface area (Å²) in [7, 11) is 0. The van der Waals surface area contributed by atoms with Crippen molar-refractivity contribution < 1.29 is 29.0 Å². The molecule has 0 radical (unpaired) electrons. The van der Waals surface area contributed by atoms with Crippen LogP contribution in [0, 0.1) is 11.8 Å². The van der Waals surface area contributed by atoms with E-state index in [4.69, 9.17) is 26.2 Å². The molecule has 1 aliphatic carbocycles. The Labute approximate surface area is 203 Å². The Bertz CT molecular complexity index is 974. The number of carboxylic acid groups (broad SMARTS) is 1. The maximum atomic E-state index is 12.4. The zero-order valence-electron chi connectivity index (χ0n) is 18.8. The molecule has 0 aromatic heterocycles. The van der Waals surface area contributed by atoms with E-state index in [0.717, 1.165) is 36.8 Å². The molecule has 0 unspecified atom stereocenters. The molecule has 0 spiro atoms. The molecule has 0 heterocycles. The highest BCUT2D eigenvalue weighted by Crippen LogP contribution is 2.30. The van der Waals surface area contributed by atoms with Gasteiger partial charge in [0, 0.05) is 10.6 Å². The number of nitrogens with one attached hydrogen (secondary N) is 2. The third-order valence-corrected chi connectivity index (χ3v) is 6.01. The maximum Gasteiger partial charge on any atom is 0.411 e. The fourth-order valence-corrected chi connectivity index (χ4v) is 4.05. The molecular formula is C25H29ClN2O6. The van der Waals surface area contributed by atoms with Gasteiger partial charge in [-0.25, -0.2) is 4.79 Å². The molecule has 9 heteroatoms. The highest BCUT2D eigenvalue weighted by molar-refractivity contribution is 6.30. The van der Waals surface area contributed by atoms with Crippen LogP contribution in [0.25, 0.3) is 11.1 Å². The molecule has 0 aliphatic heterocycles. The minimum Gasteiger partial charge on any atom is -0.480 e. The van der Waals surface area contributed by atoms with Crippen LogP contribution < -0.4 is 10.6 Å². The molecule has 0 bridgehead atoms. The number of aliphatic carboxylic acids is 1. The predicted octanol–water partition coefficient (Wildman–Crippen LogP) is 4.58. The van der Waals surface area contributed by atoms with Gasteiger partial charge in [-0.2, -0.15) is 0 Å². The summed E-state index contributed by atoms with van der Waals surface area (Å²) in [5.74, 6) is -0.905. The quantitative estimate of drug-likeness (QED) is 0.451. The zero-order valence-corrected chi connectivity index (χ0v) is 19.6. The fourth-order valence-electron chi connectivity index (χ4n) is 3.92. The Morgan fingerprint density at radius 1 is 0.941 bits per heavy atom. The van der Waals surface area contributed by atoms with Gasteiger partial charge in [0.25, 0.3) is 0 Å². The third kappa shape index (κ3) is 8.35. The van der Waals surface area contributed by atoms with Crippen molar-refractivity contribution in [3.63, 3.8) is 0 Å². The van der Waals surface area contributed by atoms with Gasteiger partial charge in [-0.15, -0.1) is 0 Å². The van der Waals surface area contributed by atoms with Crippen LogP contribution in [0.4, 0.5) is 10.5 Å². The van der Waals surface area contributed by atoms with Crippen LogP contribution in [0.2, 0.25) is 5.02 Å². The molecule has 2 amide bonds. The molecule has 0 atom stereocenters. The maximum absolute atomic E-state index is 12.4. The van der Waals surface area contributed by atoms with E-state index >= 15 is 0 Å². The standard InChI is InChI=1S/C25H29ClN2O6/c26-20-11-9-19(10-12-20)21-3-1-2-4-22(21)28-25(32)34-15-18-7-5-17(6-8-18)14-33-16-23(29)27-13-24(30)31/h1-4,9-12,17-18H,5-8,13-16H2,(H,27,29)(H,28,32)(H,30,31)/t17-,18-. The number of para-hydroxylation sites is 1. The highest BCUT2D eigenvalue weighted by Gasteiger charge is 2.23. The SMILES string of the molecule is O=C(O)CNC(=O)COC[C@H]1CC[C@H](COC(=O)Nc2ccccc2-c2ccc(Cl)cc2)CC1. The van der Waals surface area contributed by atoms with Crippen LogP contribution in [0.1, 0.15) is 25.7 Å². The van der Waals surface area contributed by atoms with Crippen LogP contribution in [0.5, 0.6) is 0 Å².